The van der Waals surface area contributed by atoms with E-state index in [0.29, 0.717) is 5.82 Å². The number of hydrogen-bond acceptors (Lipinski definition) is 3. The van der Waals surface area contributed by atoms with Gasteiger partial charge in [0.1, 0.15) is 0 Å². The highest BCUT2D eigenvalue weighted by Crippen LogP contribution is 2.56. The van der Waals surface area contributed by atoms with Crippen molar-refractivity contribution in [2.24, 2.45) is 0 Å². The van der Waals surface area contributed by atoms with E-state index in [4.69, 9.17) is 9.97 Å². The highest BCUT2D eigenvalue weighted by atomic mass is 14.9. The topological polar surface area (TPSA) is 38.7 Å². The minimum Gasteiger partial charge on any atom is -0.264 e. The summed E-state index contributed by atoms with van der Waals surface area (Å²) in [5, 5.41) is 0. The van der Waals surface area contributed by atoms with Gasteiger partial charge in [0.2, 0.25) is 0 Å². The largest absolute Gasteiger partial charge is 0.264 e. The molecule has 0 unspecified atom stereocenters. The lowest BCUT2D eigenvalue weighted by molar-refractivity contribution is 0.769. The van der Waals surface area contributed by atoms with Crippen LogP contribution in [-0.2, 0) is 5.41 Å². The summed E-state index contributed by atoms with van der Waals surface area (Å²) < 4.78 is 0. The molecule has 0 saturated carbocycles. The van der Waals surface area contributed by atoms with Crippen molar-refractivity contribution in [3.05, 3.63) is 235 Å². The molecule has 3 heteroatoms. The van der Waals surface area contributed by atoms with Crippen molar-refractivity contribution < 1.29 is 0 Å². The van der Waals surface area contributed by atoms with Crippen molar-refractivity contribution in [2.45, 2.75) is 5.41 Å². The number of hydrogen-bond donors (Lipinski definition) is 0. The van der Waals surface area contributed by atoms with Crippen LogP contribution in [-0.4, -0.2) is 15.0 Å². The second kappa shape index (κ2) is 13.6. The molecule has 258 valence electrons. The maximum absolute atomic E-state index is 5.29. The van der Waals surface area contributed by atoms with Crippen LogP contribution < -0.4 is 0 Å². The van der Waals surface area contributed by atoms with Crippen LogP contribution in [0, 0.1) is 0 Å². The summed E-state index contributed by atoms with van der Waals surface area (Å²) in [7, 11) is 0. The van der Waals surface area contributed by atoms with E-state index in [0.717, 1.165) is 44.8 Å². The standard InChI is InChI=1S/C52H35N3/c1-3-14-36(15-4-1)37-27-29-39(30-28-37)51-54-49(38-16-5-2-6-17-38)34-50(55-51)41-19-12-22-44(33-41)52(43-21-11-18-40(32-43)42-20-13-31-53-35-42)47-25-9-7-23-45(47)46-24-8-10-26-48(46)52/h1-35H. The van der Waals surface area contributed by atoms with Crippen molar-refractivity contribution in [1.82, 2.24) is 15.0 Å². The maximum Gasteiger partial charge on any atom is 0.160 e. The second-order valence-corrected chi connectivity index (χ2v) is 14.0. The van der Waals surface area contributed by atoms with Crippen LogP contribution >= 0.6 is 0 Å². The Balaban J connectivity index is 1.17. The summed E-state index contributed by atoms with van der Waals surface area (Å²) in [4.78, 5) is 14.9. The Hall–Kier alpha value is -7.23. The first-order valence-electron chi connectivity index (χ1n) is 18.7. The molecule has 10 rings (SSSR count). The highest BCUT2D eigenvalue weighted by molar-refractivity contribution is 5.87. The molecular formula is C52H35N3. The Kier molecular flexibility index (Phi) is 8.04. The van der Waals surface area contributed by atoms with Crippen LogP contribution in [0.25, 0.3) is 67.3 Å². The van der Waals surface area contributed by atoms with Crippen LogP contribution in [0.5, 0.6) is 0 Å². The molecule has 9 aromatic rings. The fourth-order valence-corrected chi connectivity index (χ4v) is 8.32. The number of rotatable bonds is 7. The van der Waals surface area contributed by atoms with E-state index < -0.39 is 5.41 Å². The van der Waals surface area contributed by atoms with Gasteiger partial charge in [-0.25, -0.2) is 9.97 Å². The summed E-state index contributed by atoms with van der Waals surface area (Å²) in [6, 6.07) is 71.4. The number of nitrogens with zero attached hydrogens (tertiary/aromatic N) is 3. The van der Waals surface area contributed by atoms with E-state index in [1.54, 1.807) is 0 Å². The van der Waals surface area contributed by atoms with Gasteiger partial charge in [-0.05, 0) is 79.9 Å². The first kappa shape index (κ1) is 32.4. The lowest BCUT2D eigenvalue weighted by atomic mass is 9.67. The van der Waals surface area contributed by atoms with E-state index in [1.807, 2.05) is 30.6 Å². The zero-order valence-corrected chi connectivity index (χ0v) is 30.0. The van der Waals surface area contributed by atoms with Crippen molar-refractivity contribution >= 4 is 0 Å². The monoisotopic (exact) mass is 701 g/mol. The molecule has 7 aromatic carbocycles. The van der Waals surface area contributed by atoms with Crippen molar-refractivity contribution in [3.8, 4) is 67.3 Å². The van der Waals surface area contributed by atoms with E-state index in [9.17, 15) is 0 Å². The molecule has 1 aliphatic carbocycles. The third-order valence-electron chi connectivity index (χ3n) is 10.9. The lowest BCUT2D eigenvalue weighted by Crippen LogP contribution is -2.28. The van der Waals surface area contributed by atoms with Gasteiger partial charge in [0.15, 0.2) is 5.82 Å². The molecule has 0 saturated heterocycles. The first-order valence-corrected chi connectivity index (χ1v) is 18.7. The Morgan fingerprint density at radius 1 is 0.327 bits per heavy atom. The Bertz CT molecular complexity index is 2750. The minimum absolute atomic E-state index is 0.577. The van der Waals surface area contributed by atoms with Crippen LogP contribution in [0.3, 0.4) is 0 Å². The van der Waals surface area contributed by atoms with Crippen LogP contribution in [0.2, 0.25) is 0 Å². The van der Waals surface area contributed by atoms with Gasteiger partial charge in [-0.3, -0.25) is 4.98 Å². The molecule has 1 aliphatic rings. The maximum atomic E-state index is 5.29. The molecule has 0 amide bonds. The molecule has 2 heterocycles. The van der Waals surface area contributed by atoms with Gasteiger partial charge in [0.25, 0.3) is 0 Å². The van der Waals surface area contributed by atoms with Gasteiger partial charge >= 0.3 is 0 Å². The van der Waals surface area contributed by atoms with E-state index >= 15 is 0 Å². The summed E-state index contributed by atoms with van der Waals surface area (Å²) in [6.07, 6.45) is 3.76. The summed E-state index contributed by atoms with van der Waals surface area (Å²) in [5.41, 5.74) is 16.2. The van der Waals surface area contributed by atoms with Crippen molar-refractivity contribution in [3.63, 3.8) is 0 Å². The number of aromatic nitrogens is 3. The minimum atomic E-state index is -0.577. The second-order valence-electron chi connectivity index (χ2n) is 14.0. The third-order valence-corrected chi connectivity index (χ3v) is 10.9. The third kappa shape index (κ3) is 5.65. The molecule has 55 heavy (non-hydrogen) atoms. The molecule has 0 N–H and O–H groups in total. The zero-order valence-electron chi connectivity index (χ0n) is 30.0. The Labute approximate surface area is 321 Å². The fraction of sp³-hybridized carbons (Fsp3) is 0.0192. The predicted octanol–water partition coefficient (Wildman–Crippen LogP) is 12.6. The Morgan fingerprint density at radius 2 is 0.818 bits per heavy atom. The molecule has 3 nitrogen and oxygen atoms in total. The van der Waals surface area contributed by atoms with Gasteiger partial charge in [-0.2, -0.15) is 0 Å². The van der Waals surface area contributed by atoms with Gasteiger partial charge in [0, 0.05) is 29.1 Å². The summed E-state index contributed by atoms with van der Waals surface area (Å²) in [6.45, 7) is 0. The number of fused-ring (bicyclic) bond motifs is 3. The van der Waals surface area contributed by atoms with Gasteiger partial charge in [0.05, 0.1) is 16.8 Å². The van der Waals surface area contributed by atoms with Crippen LogP contribution in [0.1, 0.15) is 22.3 Å². The average Bonchev–Trinajstić information content (AvgIpc) is 3.58. The highest BCUT2D eigenvalue weighted by Gasteiger charge is 2.46. The molecular weight excluding hydrogens is 667 g/mol. The molecule has 0 atom stereocenters. The molecule has 0 aliphatic heterocycles. The van der Waals surface area contributed by atoms with Gasteiger partial charge in [-0.1, -0.05) is 176 Å². The average molecular weight is 702 g/mol. The molecule has 2 aromatic heterocycles. The predicted molar refractivity (Wildman–Crippen MR) is 224 cm³/mol. The van der Waals surface area contributed by atoms with Crippen molar-refractivity contribution in [1.29, 1.82) is 0 Å². The normalized spacial score (nSPS) is 12.5. The quantitative estimate of drug-likeness (QED) is 0.166. The molecule has 0 radical (unpaired) electrons. The Morgan fingerprint density at radius 3 is 1.45 bits per heavy atom. The summed E-state index contributed by atoms with van der Waals surface area (Å²) in [5.74, 6) is 0.691. The summed E-state index contributed by atoms with van der Waals surface area (Å²) >= 11 is 0. The zero-order chi connectivity index (χ0) is 36.6. The molecule has 0 fully saturated rings. The number of pyridine rings is 1. The van der Waals surface area contributed by atoms with E-state index in [-0.39, 0.29) is 0 Å². The van der Waals surface area contributed by atoms with Gasteiger partial charge in [-0.15, -0.1) is 0 Å². The molecule has 0 bridgehead atoms. The molecule has 0 spiro atoms. The lowest BCUT2D eigenvalue weighted by Gasteiger charge is -2.34. The van der Waals surface area contributed by atoms with Crippen molar-refractivity contribution in [2.75, 3.05) is 0 Å². The smallest absolute Gasteiger partial charge is 0.160 e. The van der Waals surface area contributed by atoms with Gasteiger partial charge < -0.3 is 0 Å². The van der Waals surface area contributed by atoms with E-state index in [1.165, 1.54) is 38.9 Å². The van der Waals surface area contributed by atoms with E-state index in [2.05, 4.69) is 187 Å². The first-order chi connectivity index (χ1) is 27.3. The SMILES string of the molecule is c1ccc(-c2ccc(-c3nc(-c4ccccc4)cc(-c4cccc(C5(c6cccc(-c7cccnc7)c6)c6ccccc6-c6ccccc65)c4)n3)cc2)cc1. The number of benzene rings is 7. The van der Waals surface area contributed by atoms with Crippen LogP contribution in [0.15, 0.2) is 213 Å². The van der Waals surface area contributed by atoms with Crippen LogP contribution in [0.4, 0.5) is 0 Å². The fourth-order valence-electron chi connectivity index (χ4n) is 8.32.